The molecule has 0 radical (unpaired) electrons. The Balaban J connectivity index is 1.88. The van der Waals surface area contributed by atoms with E-state index in [1.54, 1.807) is 13.2 Å². The van der Waals surface area contributed by atoms with E-state index < -0.39 is 15.9 Å². The van der Waals surface area contributed by atoms with Crippen LogP contribution in [0.4, 0.5) is 11.4 Å². The number of nitroso groups, excluding NO2 is 1. The summed E-state index contributed by atoms with van der Waals surface area (Å²) in [7, 11) is -1.31. The number of ether oxygens (including phenoxy) is 2. The van der Waals surface area contributed by atoms with E-state index >= 15 is 0 Å². The monoisotopic (exact) mass is 494 g/mol. The van der Waals surface area contributed by atoms with E-state index in [9.17, 15) is 18.1 Å². The number of amides is 1. The van der Waals surface area contributed by atoms with Crippen molar-refractivity contribution >= 4 is 38.2 Å². The van der Waals surface area contributed by atoms with Crippen molar-refractivity contribution in [2.45, 2.75) is 11.4 Å². The van der Waals surface area contributed by atoms with E-state index in [4.69, 9.17) is 15.2 Å². The van der Waals surface area contributed by atoms with E-state index in [-0.39, 0.29) is 21.8 Å². The predicted octanol–water partition coefficient (Wildman–Crippen LogP) is 4.00. The van der Waals surface area contributed by atoms with Gasteiger partial charge in [0, 0.05) is 17.6 Å². The lowest BCUT2D eigenvalue weighted by Crippen LogP contribution is -2.22. The number of fused-ring (bicyclic) bond motifs is 1. The molecule has 0 aliphatic carbocycles. The Hall–Kier alpha value is -4.38. The highest BCUT2D eigenvalue weighted by molar-refractivity contribution is 7.90. The molecule has 1 heterocycles. The van der Waals surface area contributed by atoms with Crippen LogP contribution in [0.1, 0.15) is 16.1 Å². The molecule has 0 unspecified atom stereocenters. The largest absolute Gasteiger partial charge is 0.497 e. The fourth-order valence-corrected chi connectivity index (χ4v) is 5.28. The summed E-state index contributed by atoms with van der Waals surface area (Å²) in [6.07, 6.45) is 0. The lowest BCUT2D eigenvalue weighted by atomic mass is 10.1. The highest BCUT2D eigenvalue weighted by atomic mass is 32.2. The number of carbonyl (C=O) groups excluding carboxylic acids is 1. The minimum absolute atomic E-state index is 0.0553. The Labute approximate surface area is 201 Å². The van der Waals surface area contributed by atoms with Crippen molar-refractivity contribution < 1.29 is 22.7 Å². The molecule has 0 aliphatic rings. The second-order valence-corrected chi connectivity index (χ2v) is 9.32. The minimum atomic E-state index is -4.33. The van der Waals surface area contributed by atoms with E-state index in [0.29, 0.717) is 29.1 Å². The van der Waals surface area contributed by atoms with Gasteiger partial charge >= 0.3 is 0 Å². The SMILES string of the molecule is COc1ccc(S(=O)(=O)n2c(C(N)=O)cc3c(NCc4cccc(OC)c4)ccc(N=O)c32)cc1. The summed E-state index contributed by atoms with van der Waals surface area (Å²) < 4.78 is 38.3. The Morgan fingerprint density at radius 2 is 1.71 bits per heavy atom. The summed E-state index contributed by atoms with van der Waals surface area (Å²) in [5, 5.41) is 6.51. The van der Waals surface area contributed by atoms with Crippen LogP contribution in [0.3, 0.4) is 0 Å². The molecular weight excluding hydrogens is 472 g/mol. The summed E-state index contributed by atoms with van der Waals surface area (Å²) in [5.74, 6) is 0.160. The number of anilines is 1. The molecule has 180 valence electrons. The topological polar surface area (TPSA) is 142 Å². The molecule has 0 atom stereocenters. The summed E-state index contributed by atoms with van der Waals surface area (Å²) in [4.78, 5) is 23.8. The fourth-order valence-electron chi connectivity index (χ4n) is 3.75. The van der Waals surface area contributed by atoms with Crippen LogP contribution in [0, 0.1) is 4.91 Å². The van der Waals surface area contributed by atoms with Crippen LogP contribution >= 0.6 is 0 Å². The number of nitrogens with one attached hydrogen (secondary N) is 1. The van der Waals surface area contributed by atoms with Gasteiger partial charge in [0.15, 0.2) is 0 Å². The summed E-state index contributed by atoms with van der Waals surface area (Å²) in [5.41, 5.74) is 6.42. The first kappa shape index (κ1) is 23.8. The number of nitrogens with two attached hydrogens (primary N) is 1. The minimum Gasteiger partial charge on any atom is -0.497 e. The van der Waals surface area contributed by atoms with Crippen molar-refractivity contribution in [2.75, 3.05) is 19.5 Å². The van der Waals surface area contributed by atoms with Crippen molar-refractivity contribution in [3.63, 3.8) is 0 Å². The van der Waals surface area contributed by atoms with Crippen LogP contribution in [0.15, 0.2) is 76.8 Å². The van der Waals surface area contributed by atoms with Crippen molar-refractivity contribution in [3.05, 3.63) is 82.9 Å². The zero-order chi connectivity index (χ0) is 25.2. The number of nitrogens with zero attached hydrogens (tertiary/aromatic N) is 2. The van der Waals surface area contributed by atoms with Crippen molar-refractivity contribution in [3.8, 4) is 11.5 Å². The van der Waals surface area contributed by atoms with Gasteiger partial charge < -0.3 is 20.5 Å². The third kappa shape index (κ3) is 4.41. The van der Waals surface area contributed by atoms with Crippen LogP contribution in [0.5, 0.6) is 11.5 Å². The number of hydrogen-bond acceptors (Lipinski definition) is 8. The summed E-state index contributed by atoms with van der Waals surface area (Å²) in [6, 6.07) is 17.3. The van der Waals surface area contributed by atoms with Gasteiger partial charge in [-0.15, -0.1) is 4.91 Å². The molecule has 0 spiro atoms. The molecule has 3 N–H and O–H groups in total. The molecule has 10 nitrogen and oxygen atoms in total. The zero-order valence-corrected chi connectivity index (χ0v) is 19.7. The molecule has 0 saturated carbocycles. The van der Waals surface area contributed by atoms with Gasteiger partial charge in [-0.3, -0.25) is 4.79 Å². The second kappa shape index (κ2) is 9.47. The first-order valence-corrected chi connectivity index (χ1v) is 11.8. The van der Waals surface area contributed by atoms with Crippen LogP contribution < -0.4 is 20.5 Å². The van der Waals surface area contributed by atoms with E-state index in [2.05, 4.69) is 10.5 Å². The normalized spacial score (nSPS) is 11.3. The number of rotatable bonds is 9. The standard InChI is InChI=1S/C24H22N4O6S/c1-33-16-6-8-18(9-7-16)35(31,32)28-22(24(25)29)13-19-20(10-11-21(27-30)23(19)28)26-14-15-4-3-5-17(12-15)34-2/h3-13,26H,14H2,1-2H3,(H2,25,29). The van der Waals surface area contributed by atoms with Gasteiger partial charge in [0.05, 0.1) is 24.6 Å². The van der Waals surface area contributed by atoms with Gasteiger partial charge in [-0.25, -0.2) is 12.4 Å². The third-order valence-corrected chi connectivity index (χ3v) is 7.19. The highest BCUT2D eigenvalue weighted by Gasteiger charge is 2.28. The number of aromatic nitrogens is 1. The number of methoxy groups -OCH3 is 2. The van der Waals surface area contributed by atoms with Gasteiger partial charge in [0.25, 0.3) is 15.9 Å². The molecule has 4 aromatic rings. The maximum absolute atomic E-state index is 13.6. The highest BCUT2D eigenvalue weighted by Crippen LogP contribution is 2.37. The van der Waals surface area contributed by atoms with E-state index in [1.807, 2.05) is 24.3 Å². The molecule has 1 aromatic heterocycles. The lowest BCUT2D eigenvalue weighted by molar-refractivity contribution is 0.0995. The Kier molecular flexibility index (Phi) is 6.43. The lowest BCUT2D eigenvalue weighted by Gasteiger charge is -2.13. The summed E-state index contributed by atoms with van der Waals surface area (Å²) in [6.45, 7) is 0.364. The van der Waals surface area contributed by atoms with Crippen molar-refractivity contribution in [1.82, 2.24) is 3.97 Å². The molecule has 0 fully saturated rings. The van der Waals surface area contributed by atoms with Gasteiger partial charge in [0.2, 0.25) is 0 Å². The Bertz CT molecular complexity index is 1530. The van der Waals surface area contributed by atoms with Crippen LogP contribution in [0.25, 0.3) is 10.9 Å². The Morgan fingerprint density at radius 3 is 2.34 bits per heavy atom. The first-order valence-electron chi connectivity index (χ1n) is 10.4. The molecule has 0 aliphatic heterocycles. The van der Waals surface area contributed by atoms with Gasteiger partial charge in [0.1, 0.15) is 22.9 Å². The smallest absolute Gasteiger partial charge is 0.268 e. The molecular formula is C24H22N4O6S. The van der Waals surface area contributed by atoms with Crippen LogP contribution in [-0.4, -0.2) is 32.5 Å². The van der Waals surface area contributed by atoms with Crippen LogP contribution in [-0.2, 0) is 16.6 Å². The van der Waals surface area contributed by atoms with E-state index in [1.165, 1.54) is 43.5 Å². The van der Waals surface area contributed by atoms with Gasteiger partial charge in [-0.2, -0.15) is 0 Å². The van der Waals surface area contributed by atoms with Crippen LogP contribution in [0.2, 0.25) is 0 Å². The number of hydrogen-bond donors (Lipinski definition) is 2. The second-order valence-electron chi connectivity index (χ2n) is 7.53. The molecule has 3 aromatic carbocycles. The average molecular weight is 495 g/mol. The maximum Gasteiger partial charge on any atom is 0.268 e. The quantitative estimate of drug-likeness (QED) is 0.335. The van der Waals surface area contributed by atoms with Gasteiger partial charge in [-0.05, 0) is 65.3 Å². The first-order chi connectivity index (χ1) is 16.8. The maximum atomic E-state index is 13.6. The molecule has 35 heavy (non-hydrogen) atoms. The Morgan fingerprint density at radius 1 is 1.00 bits per heavy atom. The summed E-state index contributed by atoms with van der Waals surface area (Å²) >= 11 is 0. The third-order valence-electron chi connectivity index (χ3n) is 5.46. The van der Waals surface area contributed by atoms with Crippen molar-refractivity contribution in [1.29, 1.82) is 0 Å². The molecule has 11 heteroatoms. The number of benzene rings is 3. The number of carbonyl (C=O) groups is 1. The average Bonchev–Trinajstić information content (AvgIpc) is 3.30. The van der Waals surface area contributed by atoms with Crippen molar-refractivity contribution in [2.24, 2.45) is 10.9 Å². The zero-order valence-electron chi connectivity index (χ0n) is 18.9. The number of primary amides is 1. The van der Waals surface area contributed by atoms with E-state index in [0.717, 1.165) is 9.54 Å². The molecule has 4 rings (SSSR count). The van der Waals surface area contributed by atoms with Gasteiger partial charge in [-0.1, -0.05) is 12.1 Å². The molecule has 1 amide bonds. The predicted molar refractivity (Wildman–Crippen MR) is 132 cm³/mol. The molecule has 0 bridgehead atoms. The fraction of sp³-hybridized carbons (Fsp3) is 0.125. The molecule has 0 saturated heterocycles.